The second kappa shape index (κ2) is 8.35. The monoisotopic (exact) mass is 447 g/mol. The summed E-state index contributed by atoms with van der Waals surface area (Å²) in [6.45, 7) is 3.34. The number of ether oxygens (including phenoxy) is 2. The normalized spacial score (nSPS) is 31.2. The summed E-state index contributed by atoms with van der Waals surface area (Å²) in [5.41, 5.74) is 2.44. The number of nitrogens with two attached hydrogens (primary N) is 1. The average molecular weight is 448 g/mol. The third kappa shape index (κ3) is 3.52. The van der Waals surface area contributed by atoms with Crippen LogP contribution < -0.4 is 14.8 Å². The highest BCUT2D eigenvalue weighted by Gasteiger charge is 2.56. The Morgan fingerprint density at radius 3 is 2.76 bits per heavy atom. The van der Waals surface area contributed by atoms with Gasteiger partial charge < -0.3 is 19.7 Å². The molecule has 5 heteroatoms. The number of para-hydroxylation sites is 1. The van der Waals surface area contributed by atoms with Crippen molar-refractivity contribution in [2.24, 2.45) is 11.8 Å². The number of likely N-dealkylation sites (tertiary alicyclic amines) is 1. The standard InChI is InChI=1S/C28H34N2O3/c1-32-25-9-5-8-22-26(25)33-15-13-28(22)18-29-17-23(28)27(31)30-14-12-21(16-24(30)20-10-11-20)19-6-3-2-4-7-19/h2-9,20-21,23-24,29H,10-18H2,1H3/p+1/t21-,23+,24+,28+/m1/s1. The van der Waals surface area contributed by atoms with Crippen LogP contribution in [0.4, 0.5) is 0 Å². The minimum atomic E-state index is -0.163. The van der Waals surface area contributed by atoms with Crippen molar-refractivity contribution in [2.75, 3.05) is 33.4 Å². The first kappa shape index (κ1) is 21.0. The number of methoxy groups -OCH3 is 1. The Balaban J connectivity index is 1.29. The first-order valence-electron chi connectivity index (χ1n) is 12.7. The number of quaternary nitrogens is 1. The molecule has 0 aromatic heterocycles. The Labute approximate surface area is 196 Å². The van der Waals surface area contributed by atoms with Crippen LogP contribution in [0, 0.1) is 11.8 Å². The maximum Gasteiger partial charge on any atom is 0.232 e. The van der Waals surface area contributed by atoms with E-state index in [1.54, 1.807) is 7.11 Å². The van der Waals surface area contributed by atoms with Gasteiger partial charge in [-0.1, -0.05) is 42.5 Å². The van der Waals surface area contributed by atoms with Gasteiger partial charge in [0.2, 0.25) is 5.91 Å². The Morgan fingerprint density at radius 1 is 1.12 bits per heavy atom. The van der Waals surface area contributed by atoms with Gasteiger partial charge in [0.25, 0.3) is 0 Å². The molecule has 2 saturated heterocycles. The fraction of sp³-hybridized carbons (Fsp3) is 0.536. The number of piperidine rings is 1. The van der Waals surface area contributed by atoms with Gasteiger partial charge in [0.1, 0.15) is 5.92 Å². The van der Waals surface area contributed by atoms with Gasteiger partial charge in [0, 0.05) is 18.2 Å². The first-order valence-corrected chi connectivity index (χ1v) is 12.7. The van der Waals surface area contributed by atoms with E-state index < -0.39 is 0 Å². The van der Waals surface area contributed by atoms with E-state index in [0.29, 0.717) is 30.4 Å². The van der Waals surface area contributed by atoms with Crippen molar-refractivity contribution in [1.82, 2.24) is 4.90 Å². The molecular weight excluding hydrogens is 412 g/mol. The van der Waals surface area contributed by atoms with Crippen molar-refractivity contribution in [1.29, 1.82) is 0 Å². The van der Waals surface area contributed by atoms with Gasteiger partial charge >= 0.3 is 0 Å². The number of hydrogen-bond acceptors (Lipinski definition) is 3. The maximum absolute atomic E-state index is 14.3. The average Bonchev–Trinajstić information content (AvgIpc) is 3.64. The molecule has 4 aliphatic rings. The van der Waals surface area contributed by atoms with E-state index in [1.807, 2.05) is 12.1 Å². The molecule has 1 aliphatic carbocycles. The van der Waals surface area contributed by atoms with E-state index >= 15 is 0 Å². The highest BCUT2D eigenvalue weighted by molar-refractivity contribution is 5.82. The lowest BCUT2D eigenvalue weighted by Crippen LogP contribution is -2.82. The van der Waals surface area contributed by atoms with Gasteiger partial charge in [-0.2, -0.15) is 0 Å². The number of benzene rings is 2. The lowest BCUT2D eigenvalue weighted by molar-refractivity contribution is -0.640. The summed E-state index contributed by atoms with van der Waals surface area (Å²) in [5.74, 6) is 3.26. The van der Waals surface area contributed by atoms with E-state index in [1.165, 1.54) is 24.0 Å². The smallest absolute Gasteiger partial charge is 0.232 e. The molecule has 2 N–H and O–H groups in total. The molecule has 3 heterocycles. The predicted octanol–water partition coefficient (Wildman–Crippen LogP) is 3.09. The van der Waals surface area contributed by atoms with Crippen molar-refractivity contribution >= 4 is 5.91 Å². The molecule has 0 bridgehead atoms. The molecule has 0 radical (unpaired) electrons. The third-order valence-electron chi connectivity index (χ3n) is 8.77. The molecule has 1 amide bonds. The van der Waals surface area contributed by atoms with Crippen molar-refractivity contribution in [3.05, 3.63) is 59.7 Å². The zero-order valence-corrected chi connectivity index (χ0v) is 19.5. The quantitative estimate of drug-likeness (QED) is 0.784. The Kier molecular flexibility index (Phi) is 5.33. The largest absolute Gasteiger partial charge is 0.493 e. The van der Waals surface area contributed by atoms with E-state index in [-0.39, 0.29) is 11.3 Å². The molecule has 3 fully saturated rings. The number of hydrogen-bond donors (Lipinski definition) is 1. The lowest BCUT2D eigenvalue weighted by atomic mass is 9.68. The van der Waals surface area contributed by atoms with Crippen LogP contribution in [0.15, 0.2) is 48.5 Å². The van der Waals surface area contributed by atoms with Gasteiger partial charge in [0.05, 0.1) is 32.2 Å². The molecule has 6 rings (SSSR count). The molecule has 3 aliphatic heterocycles. The number of carbonyl (C=O) groups is 1. The van der Waals surface area contributed by atoms with Crippen LogP contribution in [0.25, 0.3) is 0 Å². The second-order valence-electron chi connectivity index (χ2n) is 10.4. The molecule has 4 atom stereocenters. The Bertz CT molecular complexity index is 1020. The minimum Gasteiger partial charge on any atom is -0.493 e. The van der Waals surface area contributed by atoms with Crippen LogP contribution in [0.5, 0.6) is 11.5 Å². The van der Waals surface area contributed by atoms with E-state index in [4.69, 9.17) is 9.47 Å². The predicted molar refractivity (Wildman–Crippen MR) is 127 cm³/mol. The summed E-state index contributed by atoms with van der Waals surface area (Å²) in [6, 6.07) is 17.5. The molecule has 2 aromatic carbocycles. The van der Waals surface area contributed by atoms with Gasteiger partial charge in [-0.3, -0.25) is 4.79 Å². The maximum atomic E-state index is 14.3. The second-order valence-corrected chi connectivity index (χ2v) is 10.4. The number of nitrogens with zero attached hydrogens (tertiary/aromatic N) is 1. The summed E-state index contributed by atoms with van der Waals surface area (Å²) >= 11 is 0. The molecule has 0 unspecified atom stereocenters. The van der Waals surface area contributed by atoms with Crippen LogP contribution in [0.2, 0.25) is 0 Å². The van der Waals surface area contributed by atoms with E-state index in [2.05, 4.69) is 46.6 Å². The Hall–Kier alpha value is -2.53. The molecular formula is C28H35N2O3+. The topological polar surface area (TPSA) is 55.4 Å². The van der Waals surface area contributed by atoms with E-state index in [0.717, 1.165) is 50.4 Å². The number of rotatable bonds is 4. The highest BCUT2D eigenvalue weighted by Crippen LogP contribution is 2.50. The zero-order valence-electron chi connectivity index (χ0n) is 19.5. The Morgan fingerprint density at radius 2 is 1.97 bits per heavy atom. The highest BCUT2D eigenvalue weighted by atomic mass is 16.5. The summed E-state index contributed by atoms with van der Waals surface area (Å²) in [6.07, 6.45) is 5.61. The van der Waals surface area contributed by atoms with Crippen molar-refractivity contribution in [2.45, 2.75) is 49.5 Å². The summed E-state index contributed by atoms with van der Waals surface area (Å²) in [7, 11) is 1.70. The first-order chi connectivity index (χ1) is 16.2. The summed E-state index contributed by atoms with van der Waals surface area (Å²) < 4.78 is 11.7. The zero-order chi connectivity index (χ0) is 22.4. The van der Waals surface area contributed by atoms with Crippen LogP contribution in [-0.2, 0) is 10.2 Å². The van der Waals surface area contributed by atoms with Gasteiger partial charge in [0.15, 0.2) is 11.5 Å². The molecule has 2 aromatic rings. The summed E-state index contributed by atoms with van der Waals surface area (Å²) in [5, 5.41) is 2.35. The van der Waals surface area contributed by atoms with Crippen LogP contribution in [-0.4, -0.2) is 50.2 Å². The van der Waals surface area contributed by atoms with Crippen LogP contribution >= 0.6 is 0 Å². The minimum absolute atomic E-state index is 0.00165. The number of amides is 1. The van der Waals surface area contributed by atoms with Crippen molar-refractivity contribution in [3.8, 4) is 11.5 Å². The number of carbonyl (C=O) groups excluding carboxylic acids is 1. The third-order valence-corrected chi connectivity index (χ3v) is 8.77. The van der Waals surface area contributed by atoms with Crippen LogP contribution in [0.3, 0.4) is 0 Å². The van der Waals surface area contributed by atoms with Gasteiger partial charge in [-0.05, 0) is 55.6 Å². The summed E-state index contributed by atoms with van der Waals surface area (Å²) in [4.78, 5) is 16.6. The van der Waals surface area contributed by atoms with E-state index in [9.17, 15) is 4.79 Å². The molecule has 33 heavy (non-hydrogen) atoms. The van der Waals surface area contributed by atoms with Crippen molar-refractivity contribution < 1.29 is 19.6 Å². The van der Waals surface area contributed by atoms with Crippen LogP contribution in [0.1, 0.15) is 49.1 Å². The van der Waals surface area contributed by atoms with Crippen molar-refractivity contribution in [3.63, 3.8) is 0 Å². The van der Waals surface area contributed by atoms with Gasteiger partial charge in [-0.25, -0.2) is 0 Å². The fourth-order valence-electron chi connectivity index (χ4n) is 6.90. The molecule has 5 nitrogen and oxygen atoms in total. The molecule has 174 valence electrons. The lowest BCUT2D eigenvalue weighted by Gasteiger charge is -2.44. The van der Waals surface area contributed by atoms with Gasteiger partial charge in [-0.15, -0.1) is 0 Å². The number of fused-ring (bicyclic) bond motifs is 2. The fourth-order valence-corrected chi connectivity index (χ4v) is 6.90. The molecule has 1 spiro atoms. The SMILES string of the molecule is COc1cccc2c1OCC[C@]21C[NH2+]C[C@H]1C(=O)N1CC[C@@H](c2ccccc2)C[C@H]1C1CC1. The molecule has 1 saturated carbocycles.